The third-order valence-corrected chi connectivity index (χ3v) is 6.28. The summed E-state index contributed by atoms with van der Waals surface area (Å²) in [5.41, 5.74) is 1.28. The normalized spacial score (nSPS) is 14.6. The Morgan fingerprint density at radius 2 is 1.86 bits per heavy atom. The van der Waals surface area contributed by atoms with E-state index in [2.05, 4.69) is 20.3 Å². The summed E-state index contributed by atoms with van der Waals surface area (Å²) in [4.78, 5) is 26.7. The molecule has 0 unspecified atom stereocenters. The van der Waals surface area contributed by atoms with Crippen LogP contribution in [0.4, 0.5) is 10.6 Å². The second kappa shape index (κ2) is 11.5. The Bertz CT molecular complexity index is 1130. The summed E-state index contributed by atoms with van der Waals surface area (Å²) in [6.07, 6.45) is 3.39. The van der Waals surface area contributed by atoms with Crippen LogP contribution in [0.5, 0.6) is 17.5 Å². The Hall–Kier alpha value is -3.15. The van der Waals surface area contributed by atoms with Gasteiger partial charge in [-0.05, 0) is 39.8 Å². The highest BCUT2D eigenvalue weighted by Crippen LogP contribution is 2.30. The van der Waals surface area contributed by atoms with Crippen LogP contribution in [-0.2, 0) is 14.6 Å². The molecule has 192 valence electrons. The fourth-order valence-electron chi connectivity index (χ4n) is 3.45. The third-order valence-electron chi connectivity index (χ3n) is 5.33. The number of likely N-dealkylation sites (tertiary alicyclic amines) is 1. The second-order valence-electron chi connectivity index (χ2n) is 8.78. The van der Waals surface area contributed by atoms with Crippen LogP contribution in [0.3, 0.4) is 0 Å². The summed E-state index contributed by atoms with van der Waals surface area (Å²) >= 11 is 0. The number of ether oxygens (including phenoxy) is 3. The first-order chi connectivity index (χ1) is 16.5. The van der Waals surface area contributed by atoms with E-state index in [4.69, 9.17) is 14.2 Å². The zero-order chi connectivity index (χ0) is 25.6. The summed E-state index contributed by atoms with van der Waals surface area (Å²) in [6.45, 7) is 8.66. The van der Waals surface area contributed by atoms with Crippen molar-refractivity contribution < 1.29 is 27.4 Å². The number of amides is 1. The molecule has 0 spiro atoms. The number of hydrogen-bond donors (Lipinski definition) is 1. The number of aromatic nitrogens is 3. The van der Waals surface area contributed by atoms with Gasteiger partial charge in [0.1, 0.15) is 28.1 Å². The van der Waals surface area contributed by atoms with Crippen LogP contribution in [0.1, 0.15) is 37.9 Å². The number of nitrogens with zero attached hydrogens (tertiary/aromatic N) is 4. The summed E-state index contributed by atoms with van der Waals surface area (Å²) in [6, 6.07) is 3.47. The van der Waals surface area contributed by atoms with Crippen molar-refractivity contribution in [3.05, 3.63) is 29.7 Å². The zero-order valence-corrected chi connectivity index (χ0v) is 21.6. The lowest BCUT2D eigenvalue weighted by atomic mass is 10.1. The number of aryl methyl sites for hydroxylation is 1. The van der Waals surface area contributed by atoms with Gasteiger partial charge in [-0.15, -0.1) is 0 Å². The Morgan fingerprint density at radius 1 is 1.17 bits per heavy atom. The number of rotatable bonds is 9. The molecular formula is C23H33N5O6S. The maximum absolute atomic E-state index is 12.1. The van der Waals surface area contributed by atoms with Crippen molar-refractivity contribution >= 4 is 21.7 Å². The van der Waals surface area contributed by atoms with Crippen molar-refractivity contribution in [2.75, 3.05) is 37.0 Å². The summed E-state index contributed by atoms with van der Waals surface area (Å²) in [5.74, 6) is 1.89. The molecule has 3 rings (SSSR count). The molecule has 1 N–H and O–H groups in total. The first-order valence-electron chi connectivity index (χ1n) is 11.5. The van der Waals surface area contributed by atoms with Gasteiger partial charge >= 0.3 is 6.09 Å². The van der Waals surface area contributed by atoms with Gasteiger partial charge in [0.15, 0.2) is 5.75 Å². The summed E-state index contributed by atoms with van der Waals surface area (Å²) in [5, 5.41) is 2.99. The van der Waals surface area contributed by atoms with Gasteiger partial charge in [-0.3, -0.25) is 0 Å². The van der Waals surface area contributed by atoms with Crippen molar-refractivity contribution in [2.45, 2.75) is 52.7 Å². The predicted molar refractivity (Wildman–Crippen MR) is 131 cm³/mol. The average Bonchev–Trinajstić information content (AvgIpc) is 2.77. The van der Waals surface area contributed by atoms with E-state index in [0.29, 0.717) is 60.5 Å². The highest BCUT2D eigenvalue weighted by atomic mass is 32.2. The number of nitrogens with one attached hydrogen (secondary N) is 1. The minimum Gasteiger partial charge on any atom is -0.474 e. The van der Waals surface area contributed by atoms with Crippen LogP contribution < -0.4 is 14.8 Å². The molecule has 2 aromatic heterocycles. The molecule has 1 saturated heterocycles. The number of piperidine rings is 1. The zero-order valence-electron chi connectivity index (χ0n) is 20.8. The molecule has 1 amide bonds. The van der Waals surface area contributed by atoms with Crippen molar-refractivity contribution in [1.82, 2.24) is 19.9 Å². The largest absolute Gasteiger partial charge is 0.474 e. The molecule has 1 aliphatic heterocycles. The molecule has 0 atom stereocenters. The van der Waals surface area contributed by atoms with Crippen LogP contribution >= 0.6 is 0 Å². The average molecular weight is 508 g/mol. The number of pyridine rings is 1. The number of carbonyl (C=O) groups excluding carboxylic acids is 1. The van der Waals surface area contributed by atoms with Crippen molar-refractivity contribution in [1.29, 1.82) is 0 Å². The van der Waals surface area contributed by atoms with Gasteiger partial charge in [-0.25, -0.2) is 28.2 Å². The van der Waals surface area contributed by atoms with E-state index >= 15 is 0 Å². The Labute approximate surface area is 206 Å². The maximum Gasteiger partial charge on any atom is 0.410 e. The maximum atomic E-state index is 12.1. The minimum absolute atomic E-state index is 0.0238. The Balaban J connectivity index is 1.59. The highest BCUT2D eigenvalue weighted by molar-refractivity contribution is 7.90. The monoisotopic (exact) mass is 507 g/mol. The van der Waals surface area contributed by atoms with Gasteiger partial charge in [0.05, 0.1) is 23.1 Å². The first kappa shape index (κ1) is 26.5. The van der Waals surface area contributed by atoms with Crippen LogP contribution in [0.2, 0.25) is 0 Å². The minimum atomic E-state index is -3.05. The Kier molecular flexibility index (Phi) is 8.71. The molecule has 0 aliphatic carbocycles. The quantitative estimate of drug-likeness (QED) is 0.540. The van der Waals surface area contributed by atoms with Gasteiger partial charge in [0, 0.05) is 38.7 Å². The molecule has 1 fully saturated rings. The van der Waals surface area contributed by atoms with Gasteiger partial charge < -0.3 is 24.4 Å². The standard InChI is InChI=1S/C23H33N5O6S/c1-15(2)32-23(29)28-11-8-18(9-12-28)33-21-16(3)22(26-14-25-21)34-19-6-7-20(27-17(19)4)24-10-13-35(5,30)31/h6-7,14-15,18H,8-13H2,1-5H3,(H,24,27). The molecule has 0 saturated carbocycles. The van der Waals surface area contributed by atoms with Gasteiger partial charge in [0.25, 0.3) is 0 Å². The van der Waals surface area contributed by atoms with E-state index in [1.165, 1.54) is 12.6 Å². The smallest absolute Gasteiger partial charge is 0.410 e. The molecule has 0 aromatic carbocycles. The lowest BCUT2D eigenvalue weighted by molar-refractivity contribution is 0.0505. The molecule has 3 heterocycles. The van der Waals surface area contributed by atoms with Crippen molar-refractivity contribution in [3.8, 4) is 17.5 Å². The van der Waals surface area contributed by atoms with Gasteiger partial charge in [-0.1, -0.05) is 0 Å². The fraction of sp³-hybridized carbons (Fsp3) is 0.565. The van der Waals surface area contributed by atoms with Crippen molar-refractivity contribution in [2.24, 2.45) is 0 Å². The molecule has 1 aliphatic rings. The number of hydrogen-bond acceptors (Lipinski definition) is 10. The fourth-order valence-corrected chi connectivity index (χ4v) is 3.93. The van der Waals surface area contributed by atoms with E-state index in [1.54, 1.807) is 24.0 Å². The molecular weight excluding hydrogens is 474 g/mol. The van der Waals surface area contributed by atoms with E-state index in [9.17, 15) is 13.2 Å². The molecule has 11 nitrogen and oxygen atoms in total. The van der Waals surface area contributed by atoms with Gasteiger partial charge in [0.2, 0.25) is 11.8 Å². The van der Waals surface area contributed by atoms with Crippen LogP contribution in [0, 0.1) is 13.8 Å². The number of sulfone groups is 1. The van der Waals surface area contributed by atoms with E-state index in [0.717, 1.165) is 0 Å². The highest BCUT2D eigenvalue weighted by Gasteiger charge is 2.26. The molecule has 35 heavy (non-hydrogen) atoms. The number of anilines is 1. The molecule has 0 radical (unpaired) electrons. The third kappa shape index (κ3) is 7.94. The summed E-state index contributed by atoms with van der Waals surface area (Å²) in [7, 11) is -3.05. The second-order valence-corrected chi connectivity index (χ2v) is 11.0. The molecule has 0 bridgehead atoms. The van der Waals surface area contributed by atoms with E-state index in [-0.39, 0.29) is 30.6 Å². The van der Waals surface area contributed by atoms with E-state index in [1.807, 2.05) is 20.8 Å². The predicted octanol–water partition coefficient (Wildman–Crippen LogP) is 3.13. The SMILES string of the molecule is Cc1nc(NCCS(C)(=O)=O)ccc1Oc1ncnc(OC2CCN(C(=O)OC(C)C)CC2)c1C. The topological polar surface area (TPSA) is 133 Å². The first-order valence-corrected chi connectivity index (χ1v) is 13.6. The summed E-state index contributed by atoms with van der Waals surface area (Å²) < 4.78 is 39.9. The molecule has 12 heteroatoms. The van der Waals surface area contributed by atoms with Gasteiger partial charge in [-0.2, -0.15) is 0 Å². The molecule has 2 aromatic rings. The van der Waals surface area contributed by atoms with Crippen molar-refractivity contribution in [3.63, 3.8) is 0 Å². The van der Waals surface area contributed by atoms with Crippen LogP contribution in [0.25, 0.3) is 0 Å². The lowest BCUT2D eigenvalue weighted by Gasteiger charge is -2.31. The van der Waals surface area contributed by atoms with E-state index < -0.39 is 9.84 Å². The van der Waals surface area contributed by atoms with Crippen LogP contribution in [0.15, 0.2) is 18.5 Å². The lowest BCUT2D eigenvalue weighted by Crippen LogP contribution is -2.42. The number of carbonyl (C=O) groups is 1. The van der Waals surface area contributed by atoms with Crippen LogP contribution in [-0.4, -0.2) is 78.2 Å². The Morgan fingerprint density at radius 3 is 2.49 bits per heavy atom.